The Morgan fingerprint density at radius 2 is 2.05 bits per heavy atom. The Morgan fingerprint density at radius 1 is 1.25 bits per heavy atom. The lowest BCUT2D eigenvalue weighted by Crippen LogP contribution is -2.47. The summed E-state index contributed by atoms with van der Waals surface area (Å²) in [4.78, 5) is 11.1. The van der Waals surface area contributed by atoms with E-state index in [0.29, 0.717) is 17.8 Å². The molecule has 0 aromatic carbocycles. The topological polar surface area (TPSA) is 49.2 Å². The molecule has 0 bridgehead atoms. The zero-order valence-electron chi connectivity index (χ0n) is 12.1. The fraction of sp³-hybridized carbons (Fsp3) is 0.750. The minimum absolute atomic E-state index is 0.326. The van der Waals surface area contributed by atoms with E-state index in [-0.39, 0.29) is 0 Å². The van der Waals surface area contributed by atoms with Crippen molar-refractivity contribution in [2.75, 3.05) is 18.0 Å². The summed E-state index contributed by atoms with van der Waals surface area (Å²) in [6.45, 7) is 3.83. The Labute approximate surface area is 120 Å². The van der Waals surface area contributed by atoms with E-state index in [2.05, 4.69) is 27.9 Å². The minimum Gasteiger partial charge on any atom is -0.387 e. The number of rotatable bonds is 3. The van der Waals surface area contributed by atoms with Crippen LogP contribution in [0.3, 0.4) is 0 Å². The predicted molar refractivity (Wildman–Crippen MR) is 77.7 cm³/mol. The van der Waals surface area contributed by atoms with Crippen molar-refractivity contribution in [3.63, 3.8) is 0 Å². The van der Waals surface area contributed by atoms with Crippen molar-refractivity contribution >= 4 is 5.82 Å². The zero-order valence-corrected chi connectivity index (χ0v) is 12.1. The highest BCUT2D eigenvalue weighted by Crippen LogP contribution is 2.45. The zero-order chi connectivity index (χ0) is 13.7. The first-order chi connectivity index (χ1) is 9.67. The van der Waals surface area contributed by atoms with Crippen LogP contribution in [0.4, 0.5) is 5.82 Å². The van der Waals surface area contributed by atoms with Crippen LogP contribution in [0.5, 0.6) is 0 Å². The van der Waals surface area contributed by atoms with E-state index < -0.39 is 5.60 Å². The largest absolute Gasteiger partial charge is 0.387 e. The van der Waals surface area contributed by atoms with E-state index in [1.807, 2.05) is 0 Å². The van der Waals surface area contributed by atoms with Gasteiger partial charge in [-0.2, -0.15) is 0 Å². The first-order valence-corrected chi connectivity index (χ1v) is 7.96. The van der Waals surface area contributed by atoms with E-state index in [0.717, 1.165) is 18.9 Å². The Hall–Kier alpha value is -1.16. The highest BCUT2D eigenvalue weighted by atomic mass is 16.3. The van der Waals surface area contributed by atoms with Gasteiger partial charge in [0.05, 0.1) is 5.60 Å². The second kappa shape index (κ2) is 4.42. The van der Waals surface area contributed by atoms with Crippen LogP contribution in [0.25, 0.3) is 0 Å². The van der Waals surface area contributed by atoms with Crippen molar-refractivity contribution in [1.29, 1.82) is 0 Å². The lowest BCUT2D eigenvalue weighted by atomic mass is 9.69. The Kier molecular flexibility index (Phi) is 2.78. The number of aliphatic hydroxyl groups is 1. The molecule has 4 heteroatoms. The van der Waals surface area contributed by atoms with Gasteiger partial charge in [0.25, 0.3) is 0 Å². The summed E-state index contributed by atoms with van der Waals surface area (Å²) in [5.74, 6) is 2.48. The van der Waals surface area contributed by atoms with Gasteiger partial charge >= 0.3 is 0 Å². The molecule has 1 aromatic heterocycles. The van der Waals surface area contributed by atoms with E-state index in [9.17, 15) is 5.11 Å². The molecule has 3 aliphatic rings. The third-order valence-electron chi connectivity index (χ3n) is 5.60. The van der Waals surface area contributed by atoms with Gasteiger partial charge in [0.2, 0.25) is 0 Å². The van der Waals surface area contributed by atoms with Gasteiger partial charge in [-0.15, -0.1) is 0 Å². The quantitative estimate of drug-likeness (QED) is 0.918. The maximum atomic E-state index is 11.0. The fourth-order valence-electron chi connectivity index (χ4n) is 3.77. The Balaban J connectivity index is 1.56. The molecular weight excluding hydrogens is 250 g/mol. The van der Waals surface area contributed by atoms with Crippen LogP contribution in [0.1, 0.15) is 50.6 Å². The molecule has 4 rings (SSSR count). The first-order valence-electron chi connectivity index (χ1n) is 7.96. The normalized spacial score (nSPS) is 34.3. The van der Waals surface area contributed by atoms with Gasteiger partial charge in [0.1, 0.15) is 12.1 Å². The number of nitrogens with zero attached hydrogens (tertiary/aromatic N) is 3. The Bertz CT molecular complexity index is 512. The molecule has 1 aromatic rings. The van der Waals surface area contributed by atoms with Gasteiger partial charge in [-0.25, -0.2) is 9.97 Å². The molecule has 1 saturated heterocycles. The van der Waals surface area contributed by atoms with E-state index >= 15 is 0 Å². The molecule has 1 aliphatic heterocycles. The third kappa shape index (κ3) is 1.93. The third-order valence-corrected chi connectivity index (χ3v) is 5.60. The molecule has 0 radical (unpaired) electrons. The molecule has 2 atom stereocenters. The highest BCUT2D eigenvalue weighted by molar-refractivity contribution is 5.43. The van der Waals surface area contributed by atoms with Crippen molar-refractivity contribution < 1.29 is 5.11 Å². The highest BCUT2D eigenvalue weighted by Gasteiger charge is 2.50. The van der Waals surface area contributed by atoms with Gasteiger partial charge in [-0.3, -0.25) is 0 Å². The van der Waals surface area contributed by atoms with Crippen molar-refractivity contribution in [3.8, 4) is 0 Å². The van der Waals surface area contributed by atoms with Crippen LogP contribution in [-0.4, -0.2) is 33.8 Å². The molecule has 108 valence electrons. The SMILES string of the molecule is C[C@@H]1CN(c2cc(C3CC3)ncn2)C[C@@]1(O)C1CCC1. The van der Waals surface area contributed by atoms with Gasteiger partial charge < -0.3 is 10.0 Å². The molecule has 2 saturated carbocycles. The first kappa shape index (κ1) is 12.6. The lowest BCUT2D eigenvalue weighted by Gasteiger charge is -2.41. The fourth-order valence-corrected chi connectivity index (χ4v) is 3.77. The maximum absolute atomic E-state index is 11.0. The van der Waals surface area contributed by atoms with Crippen LogP contribution in [0.2, 0.25) is 0 Å². The average Bonchev–Trinajstić information content (AvgIpc) is 3.16. The van der Waals surface area contributed by atoms with Gasteiger partial charge in [0.15, 0.2) is 0 Å². The summed E-state index contributed by atoms with van der Waals surface area (Å²) in [5, 5.41) is 11.0. The molecule has 20 heavy (non-hydrogen) atoms. The van der Waals surface area contributed by atoms with Crippen LogP contribution < -0.4 is 4.90 Å². The Morgan fingerprint density at radius 3 is 2.70 bits per heavy atom. The van der Waals surface area contributed by atoms with Gasteiger partial charge in [0, 0.05) is 36.7 Å². The molecule has 4 nitrogen and oxygen atoms in total. The predicted octanol–water partition coefficient (Wildman–Crippen LogP) is 2.34. The van der Waals surface area contributed by atoms with Crippen molar-refractivity contribution in [2.24, 2.45) is 11.8 Å². The second-order valence-corrected chi connectivity index (χ2v) is 6.98. The molecule has 0 spiro atoms. The van der Waals surface area contributed by atoms with E-state index in [1.54, 1.807) is 6.33 Å². The van der Waals surface area contributed by atoms with Crippen molar-refractivity contribution in [2.45, 2.75) is 50.5 Å². The molecule has 3 fully saturated rings. The molecule has 0 amide bonds. The van der Waals surface area contributed by atoms with Crippen LogP contribution in [0, 0.1) is 11.8 Å². The summed E-state index contributed by atoms with van der Waals surface area (Å²) < 4.78 is 0. The summed E-state index contributed by atoms with van der Waals surface area (Å²) in [5.41, 5.74) is 0.671. The number of hydrogen-bond donors (Lipinski definition) is 1. The van der Waals surface area contributed by atoms with Crippen LogP contribution in [-0.2, 0) is 0 Å². The lowest BCUT2D eigenvalue weighted by molar-refractivity contribution is -0.0615. The summed E-state index contributed by atoms with van der Waals surface area (Å²) >= 11 is 0. The van der Waals surface area contributed by atoms with E-state index in [4.69, 9.17) is 0 Å². The monoisotopic (exact) mass is 273 g/mol. The van der Waals surface area contributed by atoms with Crippen molar-refractivity contribution in [3.05, 3.63) is 18.1 Å². The molecule has 2 aliphatic carbocycles. The smallest absolute Gasteiger partial charge is 0.132 e. The molecule has 0 unspecified atom stereocenters. The van der Waals surface area contributed by atoms with Gasteiger partial charge in [-0.05, 0) is 31.6 Å². The second-order valence-electron chi connectivity index (χ2n) is 6.98. The summed E-state index contributed by atoms with van der Waals surface area (Å²) in [6, 6.07) is 2.14. The standard InChI is InChI=1S/C16H23N3O/c1-11-8-19(9-16(11,20)13-3-2-4-13)15-7-14(12-5-6-12)17-10-18-15/h7,10-13,20H,2-6,8-9H2,1H3/t11-,16+/m1/s1. The summed E-state index contributed by atoms with van der Waals surface area (Å²) in [7, 11) is 0. The average molecular weight is 273 g/mol. The molecule has 1 N–H and O–H groups in total. The van der Waals surface area contributed by atoms with Gasteiger partial charge in [-0.1, -0.05) is 13.3 Å². The van der Waals surface area contributed by atoms with Crippen molar-refractivity contribution in [1.82, 2.24) is 9.97 Å². The maximum Gasteiger partial charge on any atom is 0.132 e. The van der Waals surface area contributed by atoms with Crippen LogP contribution in [0.15, 0.2) is 12.4 Å². The molecular formula is C16H23N3O. The summed E-state index contributed by atoms with van der Waals surface area (Å²) in [6.07, 6.45) is 7.86. The number of anilines is 1. The number of aromatic nitrogens is 2. The minimum atomic E-state index is -0.511. The number of hydrogen-bond acceptors (Lipinski definition) is 4. The number of β-amino-alcohol motifs (C(OH)–C–C–N with tert-alkyl or cyclic N) is 1. The van der Waals surface area contributed by atoms with E-state index in [1.165, 1.54) is 37.8 Å². The molecule has 2 heterocycles. The van der Waals surface area contributed by atoms with Crippen LogP contribution >= 0.6 is 0 Å².